The van der Waals surface area contributed by atoms with Gasteiger partial charge < -0.3 is 10.6 Å². The predicted molar refractivity (Wildman–Crippen MR) is 121 cm³/mol. The van der Waals surface area contributed by atoms with Crippen LogP contribution >= 0.6 is 24.0 Å². The zero-order valence-electron chi connectivity index (χ0n) is 16.5. The molecule has 2 rings (SSSR count). The van der Waals surface area contributed by atoms with Gasteiger partial charge in [0.2, 0.25) is 0 Å². The summed E-state index contributed by atoms with van der Waals surface area (Å²) in [4.78, 5) is 4.33. The number of guanidine groups is 1. The molecular formula is C20H32IN5. The molecule has 0 saturated carbocycles. The number of benzene rings is 1. The fraction of sp³-hybridized carbons (Fsp3) is 0.500. The Morgan fingerprint density at radius 3 is 2.35 bits per heavy atom. The third-order valence-electron chi connectivity index (χ3n) is 4.37. The first-order valence-electron chi connectivity index (χ1n) is 9.00. The summed E-state index contributed by atoms with van der Waals surface area (Å²) in [5.41, 5.74) is 3.62. The summed E-state index contributed by atoms with van der Waals surface area (Å²) in [6, 6.07) is 12.7. The summed E-state index contributed by atoms with van der Waals surface area (Å²) < 4.78 is 2.08. The minimum absolute atomic E-state index is 0. The topological polar surface area (TPSA) is 54.2 Å². The molecule has 0 bridgehead atoms. The first kappa shape index (κ1) is 22.5. The van der Waals surface area contributed by atoms with Crippen molar-refractivity contribution < 1.29 is 0 Å². The number of aryl methyl sites for hydroxylation is 2. The number of hydrogen-bond donors (Lipinski definition) is 2. The van der Waals surface area contributed by atoms with Crippen LogP contribution < -0.4 is 10.6 Å². The van der Waals surface area contributed by atoms with E-state index in [9.17, 15) is 0 Å². The average molecular weight is 469 g/mol. The molecule has 0 fully saturated rings. The van der Waals surface area contributed by atoms with E-state index in [1.54, 1.807) is 0 Å². The van der Waals surface area contributed by atoms with Crippen molar-refractivity contribution in [3.05, 3.63) is 53.3 Å². The van der Waals surface area contributed by atoms with Crippen molar-refractivity contribution in [3.8, 4) is 0 Å². The van der Waals surface area contributed by atoms with E-state index < -0.39 is 0 Å². The van der Waals surface area contributed by atoms with Gasteiger partial charge in [0.05, 0.1) is 5.69 Å². The van der Waals surface area contributed by atoms with E-state index in [1.165, 1.54) is 11.3 Å². The van der Waals surface area contributed by atoms with Gasteiger partial charge in [0.1, 0.15) is 0 Å². The summed E-state index contributed by atoms with van der Waals surface area (Å²) in [7, 11) is 1.81. The molecule has 1 heterocycles. The molecule has 0 aliphatic rings. The molecule has 26 heavy (non-hydrogen) atoms. The second-order valence-corrected chi connectivity index (χ2v) is 6.86. The van der Waals surface area contributed by atoms with Crippen LogP contribution in [0.5, 0.6) is 0 Å². The molecule has 2 unspecified atom stereocenters. The monoisotopic (exact) mass is 469 g/mol. The van der Waals surface area contributed by atoms with E-state index in [0.717, 1.165) is 31.3 Å². The van der Waals surface area contributed by atoms with E-state index >= 15 is 0 Å². The lowest BCUT2D eigenvalue weighted by Crippen LogP contribution is -2.41. The van der Waals surface area contributed by atoms with Crippen LogP contribution in [0.25, 0.3) is 0 Å². The Morgan fingerprint density at radius 1 is 1.12 bits per heavy atom. The predicted octanol–water partition coefficient (Wildman–Crippen LogP) is 3.72. The van der Waals surface area contributed by atoms with Gasteiger partial charge in [-0.1, -0.05) is 44.2 Å². The van der Waals surface area contributed by atoms with Crippen molar-refractivity contribution in [2.24, 2.45) is 10.9 Å². The molecule has 0 spiro atoms. The number of aromatic nitrogens is 2. The van der Waals surface area contributed by atoms with Crippen LogP contribution in [-0.2, 0) is 6.54 Å². The summed E-state index contributed by atoms with van der Waals surface area (Å²) >= 11 is 0. The van der Waals surface area contributed by atoms with Crippen molar-refractivity contribution >= 4 is 29.9 Å². The minimum atomic E-state index is 0. The molecular weight excluding hydrogens is 437 g/mol. The maximum atomic E-state index is 4.53. The van der Waals surface area contributed by atoms with Crippen LogP contribution in [0, 0.1) is 19.8 Å². The van der Waals surface area contributed by atoms with Gasteiger partial charge in [-0.3, -0.25) is 9.67 Å². The van der Waals surface area contributed by atoms with E-state index in [2.05, 4.69) is 76.5 Å². The van der Waals surface area contributed by atoms with Crippen LogP contribution in [-0.4, -0.2) is 35.9 Å². The molecule has 0 amide bonds. The summed E-state index contributed by atoms with van der Waals surface area (Å²) in [6.45, 7) is 11.2. The van der Waals surface area contributed by atoms with Crippen molar-refractivity contribution in [1.82, 2.24) is 20.4 Å². The Balaban J connectivity index is 0.00000338. The molecule has 1 aromatic heterocycles. The van der Waals surface area contributed by atoms with Gasteiger partial charge in [-0.25, -0.2) is 0 Å². The number of hydrogen-bond acceptors (Lipinski definition) is 2. The second kappa shape index (κ2) is 11.2. The number of aliphatic imine (C=N–C) groups is 1. The highest BCUT2D eigenvalue weighted by atomic mass is 127. The molecule has 2 atom stereocenters. The molecule has 6 heteroatoms. The van der Waals surface area contributed by atoms with Crippen molar-refractivity contribution in [3.63, 3.8) is 0 Å². The van der Waals surface area contributed by atoms with Gasteiger partial charge in [-0.15, -0.1) is 24.0 Å². The highest BCUT2D eigenvalue weighted by Crippen LogP contribution is 2.12. The Kier molecular flexibility index (Phi) is 9.69. The molecule has 5 nitrogen and oxygen atoms in total. The lowest BCUT2D eigenvalue weighted by atomic mass is 10.0. The Hall–Kier alpha value is -1.57. The maximum Gasteiger partial charge on any atom is 0.191 e. The molecule has 1 aromatic carbocycles. The van der Waals surface area contributed by atoms with Gasteiger partial charge >= 0.3 is 0 Å². The van der Waals surface area contributed by atoms with Gasteiger partial charge in [-0.05, 0) is 37.3 Å². The van der Waals surface area contributed by atoms with Crippen LogP contribution in [0.15, 0.2) is 41.4 Å². The molecule has 0 aliphatic heterocycles. The summed E-state index contributed by atoms with van der Waals surface area (Å²) in [6.07, 6.45) is 0. The van der Waals surface area contributed by atoms with E-state index in [-0.39, 0.29) is 24.0 Å². The number of rotatable bonds is 7. The maximum absolute atomic E-state index is 4.53. The summed E-state index contributed by atoms with van der Waals surface area (Å²) in [5, 5.41) is 11.4. The van der Waals surface area contributed by atoms with Gasteiger partial charge in [0.15, 0.2) is 5.96 Å². The van der Waals surface area contributed by atoms with Gasteiger partial charge in [-0.2, -0.15) is 5.10 Å². The Labute approximate surface area is 174 Å². The van der Waals surface area contributed by atoms with Crippen LogP contribution in [0.3, 0.4) is 0 Å². The Bertz CT molecular complexity index is 681. The zero-order valence-corrected chi connectivity index (χ0v) is 18.8. The largest absolute Gasteiger partial charge is 0.356 e. The molecule has 0 saturated heterocycles. The SMILES string of the molecule is CN=C(NCC(C)Cn1nc(C)cc1C)NCC(C)c1ccccc1.I. The quantitative estimate of drug-likeness (QED) is 0.369. The molecule has 0 aliphatic carbocycles. The van der Waals surface area contributed by atoms with Crippen molar-refractivity contribution in [2.45, 2.75) is 40.2 Å². The van der Waals surface area contributed by atoms with E-state index in [0.29, 0.717) is 11.8 Å². The highest BCUT2D eigenvalue weighted by Gasteiger charge is 2.09. The number of halogens is 1. The summed E-state index contributed by atoms with van der Waals surface area (Å²) in [5.74, 6) is 1.75. The van der Waals surface area contributed by atoms with Crippen LogP contribution in [0.1, 0.15) is 36.7 Å². The third-order valence-corrected chi connectivity index (χ3v) is 4.37. The minimum Gasteiger partial charge on any atom is -0.356 e. The fourth-order valence-corrected chi connectivity index (χ4v) is 2.86. The van der Waals surface area contributed by atoms with Gasteiger partial charge in [0.25, 0.3) is 0 Å². The molecule has 2 aromatic rings. The van der Waals surface area contributed by atoms with Crippen LogP contribution in [0.4, 0.5) is 0 Å². The normalized spacial score (nSPS) is 13.7. The fourth-order valence-electron chi connectivity index (χ4n) is 2.86. The zero-order chi connectivity index (χ0) is 18.2. The van der Waals surface area contributed by atoms with Gasteiger partial charge in [0, 0.05) is 32.4 Å². The van der Waals surface area contributed by atoms with Crippen LogP contribution in [0.2, 0.25) is 0 Å². The first-order valence-corrected chi connectivity index (χ1v) is 9.00. The second-order valence-electron chi connectivity index (χ2n) is 6.86. The first-order chi connectivity index (χ1) is 12.0. The standard InChI is InChI=1S/C20H31N5.HI/c1-15(14-25-18(4)11-17(3)24-25)12-22-20(21-5)23-13-16(2)19-9-7-6-8-10-19;/h6-11,15-16H,12-14H2,1-5H3,(H2,21,22,23);1H. The number of nitrogens with one attached hydrogen (secondary N) is 2. The van der Waals surface area contributed by atoms with E-state index in [4.69, 9.17) is 0 Å². The molecule has 2 N–H and O–H groups in total. The smallest absolute Gasteiger partial charge is 0.191 e. The molecule has 144 valence electrons. The highest BCUT2D eigenvalue weighted by molar-refractivity contribution is 14.0. The third kappa shape index (κ3) is 6.97. The number of nitrogens with zero attached hydrogens (tertiary/aromatic N) is 3. The molecule has 0 radical (unpaired) electrons. The van der Waals surface area contributed by atoms with E-state index in [1.807, 2.05) is 20.0 Å². The Morgan fingerprint density at radius 2 is 1.77 bits per heavy atom. The van der Waals surface area contributed by atoms with Crippen molar-refractivity contribution in [1.29, 1.82) is 0 Å². The lowest BCUT2D eigenvalue weighted by Gasteiger charge is -2.19. The van der Waals surface area contributed by atoms with Crippen molar-refractivity contribution in [2.75, 3.05) is 20.1 Å². The average Bonchev–Trinajstić information content (AvgIpc) is 2.92. The lowest BCUT2D eigenvalue weighted by molar-refractivity contribution is 0.435.